The molecule has 9 heavy (non-hydrogen) atoms. The van der Waals surface area contributed by atoms with E-state index in [2.05, 4.69) is 24.5 Å². The van der Waals surface area contributed by atoms with E-state index in [0.717, 1.165) is 13.2 Å². The highest BCUT2D eigenvalue weighted by Gasteiger charge is 2.28. The summed E-state index contributed by atoms with van der Waals surface area (Å²) < 4.78 is 0. The smallest absolute Gasteiger partial charge is 0.0459 e. The van der Waals surface area contributed by atoms with Crippen LogP contribution in [0.2, 0.25) is 0 Å². The molecule has 1 saturated heterocycles. The number of nitrogens with one attached hydrogen (secondary N) is 2. The molecule has 0 aromatic heterocycles. The second kappa shape index (κ2) is 2.67. The molecule has 1 heterocycles. The molecule has 0 aliphatic carbocycles. The van der Waals surface area contributed by atoms with Gasteiger partial charge in [0.25, 0.3) is 0 Å². The van der Waals surface area contributed by atoms with Gasteiger partial charge < -0.3 is 5.32 Å². The van der Waals surface area contributed by atoms with Gasteiger partial charge in [0.15, 0.2) is 0 Å². The Hall–Kier alpha value is -0.0800. The van der Waals surface area contributed by atoms with Gasteiger partial charge in [-0.1, -0.05) is 13.8 Å². The molecule has 0 unspecified atom stereocenters. The Balaban J connectivity index is 2.45. The summed E-state index contributed by atoms with van der Waals surface area (Å²) in [6, 6.07) is 0. The van der Waals surface area contributed by atoms with E-state index in [0.29, 0.717) is 5.54 Å². The quantitative estimate of drug-likeness (QED) is 0.572. The van der Waals surface area contributed by atoms with Crippen LogP contribution in [0.25, 0.3) is 0 Å². The Labute approximate surface area is 57.0 Å². The summed E-state index contributed by atoms with van der Waals surface area (Å²) in [5.74, 6) is 0. The van der Waals surface area contributed by atoms with Gasteiger partial charge >= 0.3 is 0 Å². The van der Waals surface area contributed by atoms with E-state index in [-0.39, 0.29) is 0 Å². The van der Waals surface area contributed by atoms with E-state index in [9.17, 15) is 0 Å². The molecule has 1 aliphatic rings. The Morgan fingerprint density at radius 3 is 2.22 bits per heavy atom. The zero-order valence-electron chi connectivity index (χ0n) is 6.33. The van der Waals surface area contributed by atoms with Crippen molar-refractivity contribution < 1.29 is 0 Å². The molecule has 0 radical (unpaired) electrons. The molecule has 0 aromatic rings. The third-order valence-corrected chi connectivity index (χ3v) is 2.41. The fraction of sp³-hybridized carbons (Fsp3) is 1.00. The minimum atomic E-state index is 0.417. The van der Waals surface area contributed by atoms with Gasteiger partial charge in [0, 0.05) is 18.8 Å². The van der Waals surface area contributed by atoms with Crippen molar-refractivity contribution in [3.8, 4) is 0 Å². The number of rotatable bonds is 2. The molecule has 1 fully saturated rings. The normalized spacial score (nSPS) is 24.7. The summed E-state index contributed by atoms with van der Waals surface area (Å²) in [6.07, 6.45) is 2.47. The second-order valence-electron chi connectivity index (χ2n) is 2.77. The van der Waals surface area contributed by atoms with Gasteiger partial charge in [0.2, 0.25) is 0 Å². The van der Waals surface area contributed by atoms with Crippen molar-refractivity contribution in [3.63, 3.8) is 0 Å². The largest absolute Gasteiger partial charge is 0.303 e. The van der Waals surface area contributed by atoms with Crippen molar-refractivity contribution in [2.45, 2.75) is 32.2 Å². The Morgan fingerprint density at radius 2 is 2.00 bits per heavy atom. The van der Waals surface area contributed by atoms with Crippen molar-refractivity contribution in [2.75, 3.05) is 13.2 Å². The van der Waals surface area contributed by atoms with Crippen molar-refractivity contribution >= 4 is 0 Å². The van der Waals surface area contributed by atoms with Gasteiger partial charge in [-0.15, -0.1) is 0 Å². The zero-order chi connectivity index (χ0) is 6.74. The lowest BCUT2D eigenvalue weighted by Crippen LogP contribution is -2.40. The number of hydrogen-bond donors (Lipinski definition) is 2. The molecule has 0 atom stereocenters. The molecule has 2 nitrogen and oxygen atoms in total. The summed E-state index contributed by atoms with van der Waals surface area (Å²) in [5, 5.41) is 6.76. The van der Waals surface area contributed by atoms with Crippen LogP contribution < -0.4 is 10.6 Å². The Kier molecular flexibility index (Phi) is 2.09. The molecule has 54 valence electrons. The highest BCUT2D eigenvalue weighted by molar-refractivity contribution is 4.91. The molecule has 2 N–H and O–H groups in total. The van der Waals surface area contributed by atoms with Crippen LogP contribution in [0.4, 0.5) is 0 Å². The predicted octanol–water partition coefficient (Wildman–Crippen LogP) is 0.696. The molecule has 0 spiro atoms. The van der Waals surface area contributed by atoms with Gasteiger partial charge in [0.05, 0.1) is 0 Å². The third kappa shape index (κ3) is 1.25. The van der Waals surface area contributed by atoms with Gasteiger partial charge in [-0.2, -0.15) is 0 Å². The summed E-state index contributed by atoms with van der Waals surface area (Å²) in [6.45, 7) is 6.61. The van der Waals surface area contributed by atoms with Gasteiger partial charge in [-0.3, -0.25) is 5.32 Å². The van der Waals surface area contributed by atoms with E-state index in [4.69, 9.17) is 0 Å². The van der Waals surface area contributed by atoms with Crippen molar-refractivity contribution in [1.29, 1.82) is 0 Å². The van der Waals surface area contributed by atoms with E-state index < -0.39 is 0 Å². The standard InChI is InChI=1S/C7H16N2/c1-3-7(4-2)5-8-6-9-7/h8-9H,3-6H2,1-2H3. The minimum Gasteiger partial charge on any atom is -0.303 e. The van der Waals surface area contributed by atoms with Crippen LogP contribution in [0.5, 0.6) is 0 Å². The lowest BCUT2D eigenvalue weighted by Gasteiger charge is -2.24. The average Bonchev–Trinajstić information content (AvgIpc) is 2.36. The lowest BCUT2D eigenvalue weighted by molar-refractivity contribution is 0.371. The highest BCUT2D eigenvalue weighted by atomic mass is 15.2. The molecular weight excluding hydrogens is 112 g/mol. The maximum absolute atomic E-state index is 3.46. The van der Waals surface area contributed by atoms with Crippen molar-refractivity contribution in [2.24, 2.45) is 0 Å². The first-order valence-electron chi connectivity index (χ1n) is 3.79. The number of hydrogen-bond acceptors (Lipinski definition) is 2. The first-order valence-corrected chi connectivity index (χ1v) is 3.79. The topological polar surface area (TPSA) is 24.1 Å². The minimum absolute atomic E-state index is 0.417. The molecule has 0 saturated carbocycles. The summed E-state index contributed by atoms with van der Waals surface area (Å²) in [5.41, 5.74) is 0.417. The third-order valence-electron chi connectivity index (χ3n) is 2.41. The van der Waals surface area contributed by atoms with Crippen molar-refractivity contribution in [1.82, 2.24) is 10.6 Å². The Bertz CT molecular complexity index is 78.9. The first-order chi connectivity index (χ1) is 4.33. The fourth-order valence-electron chi connectivity index (χ4n) is 1.36. The molecule has 0 amide bonds. The summed E-state index contributed by atoms with van der Waals surface area (Å²) >= 11 is 0. The summed E-state index contributed by atoms with van der Waals surface area (Å²) in [4.78, 5) is 0. The van der Waals surface area contributed by atoms with E-state index in [1.165, 1.54) is 12.8 Å². The zero-order valence-corrected chi connectivity index (χ0v) is 6.33. The Morgan fingerprint density at radius 1 is 1.33 bits per heavy atom. The molecule has 0 bridgehead atoms. The predicted molar refractivity (Wildman–Crippen MR) is 39.3 cm³/mol. The fourth-order valence-corrected chi connectivity index (χ4v) is 1.36. The lowest BCUT2D eigenvalue weighted by atomic mass is 9.95. The van der Waals surface area contributed by atoms with Crippen LogP contribution in [-0.2, 0) is 0 Å². The average molecular weight is 128 g/mol. The highest BCUT2D eigenvalue weighted by Crippen LogP contribution is 2.15. The van der Waals surface area contributed by atoms with Crippen LogP contribution in [0, 0.1) is 0 Å². The van der Waals surface area contributed by atoms with Crippen molar-refractivity contribution in [3.05, 3.63) is 0 Å². The molecular formula is C7H16N2. The van der Waals surface area contributed by atoms with Crippen LogP contribution in [0.1, 0.15) is 26.7 Å². The van der Waals surface area contributed by atoms with Crippen LogP contribution in [-0.4, -0.2) is 18.8 Å². The van der Waals surface area contributed by atoms with E-state index in [1.807, 2.05) is 0 Å². The monoisotopic (exact) mass is 128 g/mol. The second-order valence-corrected chi connectivity index (χ2v) is 2.77. The van der Waals surface area contributed by atoms with Crippen LogP contribution in [0.15, 0.2) is 0 Å². The first kappa shape index (κ1) is 7.03. The molecule has 1 rings (SSSR count). The van der Waals surface area contributed by atoms with Gasteiger partial charge in [-0.25, -0.2) is 0 Å². The molecule has 2 heteroatoms. The SMILES string of the molecule is CCC1(CC)CNCN1. The molecule has 1 aliphatic heterocycles. The van der Waals surface area contributed by atoms with Crippen LogP contribution in [0.3, 0.4) is 0 Å². The van der Waals surface area contributed by atoms with Crippen LogP contribution >= 0.6 is 0 Å². The maximum atomic E-state index is 3.46. The summed E-state index contributed by atoms with van der Waals surface area (Å²) in [7, 11) is 0. The van der Waals surface area contributed by atoms with E-state index >= 15 is 0 Å². The van der Waals surface area contributed by atoms with Gasteiger partial charge in [-0.05, 0) is 12.8 Å². The van der Waals surface area contributed by atoms with E-state index in [1.54, 1.807) is 0 Å². The molecule has 0 aromatic carbocycles. The van der Waals surface area contributed by atoms with Gasteiger partial charge in [0.1, 0.15) is 0 Å². The maximum Gasteiger partial charge on any atom is 0.0459 e.